The van der Waals surface area contributed by atoms with E-state index in [-0.39, 0.29) is 35.1 Å². The van der Waals surface area contributed by atoms with Crippen LogP contribution in [0.4, 0.5) is 17.5 Å². The van der Waals surface area contributed by atoms with Gasteiger partial charge in [0.05, 0.1) is 23.2 Å². The number of halogens is 1. The monoisotopic (exact) mass is 391 g/mol. The SMILES string of the molecule is CC(C)[C@H](CO)Nc1nc(Nc2ccc(Cl)c(C(=O)O)c2)c2n[nH]nc2n1. The van der Waals surface area contributed by atoms with Gasteiger partial charge >= 0.3 is 5.97 Å². The van der Waals surface area contributed by atoms with Crippen LogP contribution in [0.15, 0.2) is 18.2 Å². The second-order valence-electron chi connectivity index (χ2n) is 6.19. The predicted molar refractivity (Wildman–Crippen MR) is 101 cm³/mol. The maximum Gasteiger partial charge on any atom is 0.337 e. The fourth-order valence-corrected chi connectivity index (χ4v) is 2.59. The van der Waals surface area contributed by atoms with Crippen molar-refractivity contribution in [3.05, 3.63) is 28.8 Å². The minimum absolute atomic E-state index is 0.0365. The zero-order valence-corrected chi connectivity index (χ0v) is 15.3. The van der Waals surface area contributed by atoms with E-state index in [9.17, 15) is 15.0 Å². The molecule has 0 radical (unpaired) electrons. The van der Waals surface area contributed by atoms with Gasteiger partial charge in [0.15, 0.2) is 11.3 Å². The molecule has 1 atom stereocenters. The van der Waals surface area contributed by atoms with E-state index in [1.54, 1.807) is 6.07 Å². The molecule has 0 unspecified atom stereocenters. The van der Waals surface area contributed by atoms with E-state index in [2.05, 4.69) is 36.0 Å². The summed E-state index contributed by atoms with van der Waals surface area (Å²) < 4.78 is 0. The average molecular weight is 392 g/mol. The Labute approximate surface area is 159 Å². The van der Waals surface area contributed by atoms with Crippen LogP contribution in [0.5, 0.6) is 0 Å². The Kier molecular flexibility index (Phi) is 5.38. The van der Waals surface area contributed by atoms with Gasteiger partial charge in [-0.1, -0.05) is 25.4 Å². The first kappa shape index (κ1) is 18.8. The number of nitrogens with zero attached hydrogens (tertiary/aromatic N) is 4. The summed E-state index contributed by atoms with van der Waals surface area (Å²) in [5.74, 6) is -0.394. The van der Waals surface area contributed by atoms with Crippen LogP contribution in [0.2, 0.25) is 5.02 Å². The number of hydrogen-bond acceptors (Lipinski definition) is 8. The highest BCUT2D eigenvalue weighted by Crippen LogP contribution is 2.26. The van der Waals surface area contributed by atoms with Gasteiger partial charge in [0.2, 0.25) is 11.6 Å². The first-order valence-corrected chi connectivity index (χ1v) is 8.52. The fourth-order valence-electron chi connectivity index (χ4n) is 2.39. The number of H-pyrrole nitrogens is 1. The Balaban J connectivity index is 1.97. The molecule has 0 spiro atoms. The summed E-state index contributed by atoms with van der Waals surface area (Å²) in [6.07, 6.45) is 0. The van der Waals surface area contributed by atoms with Gasteiger partial charge < -0.3 is 20.8 Å². The smallest absolute Gasteiger partial charge is 0.337 e. The predicted octanol–water partition coefficient (Wildman–Crippen LogP) is 2.27. The van der Waals surface area contributed by atoms with E-state index in [1.807, 2.05) is 13.8 Å². The molecule has 0 bridgehead atoms. The molecule has 0 saturated carbocycles. The number of carboxylic acid groups (broad SMARTS) is 1. The summed E-state index contributed by atoms with van der Waals surface area (Å²) in [5.41, 5.74) is 1.14. The van der Waals surface area contributed by atoms with Gasteiger partial charge in [-0.15, -0.1) is 5.10 Å². The van der Waals surface area contributed by atoms with Gasteiger partial charge in [-0.3, -0.25) is 0 Å². The molecule has 0 amide bonds. The maximum atomic E-state index is 11.3. The van der Waals surface area contributed by atoms with Crippen LogP contribution in [-0.2, 0) is 0 Å². The van der Waals surface area contributed by atoms with E-state index in [4.69, 9.17) is 11.6 Å². The van der Waals surface area contributed by atoms with Crippen LogP contribution in [0.25, 0.3) is 11.2 Å². The van der Waals surface area contributed by atoms with Crippen molar-refractivity contribution >= 4 is 46.2 Å². The van der Waals surface area contributed by atoms with Crippen molar-refractivity contribution in [3.63, 3.8) is 0 Å². The highest BCUT2D eigenvalue weighted by atomic mass is 35.5. The molecule has 3 rings (SSSR count). The van der Waals surface area contributed by atoms with Crippen LogP contribution in [0, 0.1) is 5.92 Å². The molecule has 11 heteroatoms. The zero-order valence-electron chi connectivity index (χ0n) is 14.6. The molecule has 0 saturated heterocycles. The van der Waals surface area contributed by atoms with Crippen molar-refractivity contribution in [2.24, 2.45) is 5.92 Å². The van der Waals surface area contributed by atoms with Gasteiger partial charge in [0, 0.05) is 5.69 Å². The molecule has 0 fully saturated rings. The first-order valence-electron chi connectivity index (χ1n) is 8.14. The summed E-state index contributed by atoms with van der Waals surface area (Å²) >= 11 is 5.90. The number of hydrogen-bond donors (Lipinski definition) is 5. The summed E-state index contributed by atoms with van der Waals surface area (Å²) in [4.78, 5) is 19.9. The number of rotatable bonds is 7. The van der Waals surface area contributed by atoms with Crippen molar-refractivity contribution in [1.82, 2.24) is 25.4 Å². The summed E-state index contributed by atoms with van der Waals surface area (Å²) in [6, 6.07) is 4.27. The third-order valence-corrected chi connectivity index (χ3v) is 4.29. The Bertz CT molecular complexity index is 976. The fraction of sp³-hybridized carbons (Fsp3) is 0.312. The van der Waals surface area contributed by atoms with Gasteiger partial charge in [-0.2, -0.15) is 20.3 Å². The quantitative estimate of drug-likeness (QED) is 0.408. The normalized spacial score (nSPS) is 12.3. The number of carboxylic acids is 1. The topological polar surface area (TPSA) is 149 Å². The summed E-state index contributed by atoms with van der Waals surface area (Å²) in [5, 5.41) is 35.4. The van der Waals surface area contributed by atoms with Crippen molar-refractivity contribution in [2.45, 2.75) is 19.9 Å². The lowest BCUT2D eigenvalue weighted by Crippen LogP contribution is -2.30. The van der Waals surface area contributed by atoms with E-state index in [1.165, 1.54) is 12.1 Å². The van der Waals surface area contributed by atoms with Crippen molar-refractivity contribution in [3.8, 4) is 0 Å². The van der Waals surface area contributed by atoms with E-state index in [0.717, 1.165) is 0 Å². The number of aromatic nitrogens is 5. The van der Waals surface area contributed by atoms with Crippen LogP contribution >= 0.6 is 11.6 Å². The Morgan fingerprint density at radius 3 is 2.74 bits per heavy atom. The minimum atomic E-state index is -1.14. The standard InChI is InChI=1S/C16H18ClN7O3/c1-7(2)11(6-25)19-16-20-13(12-14(21-16)23-24-22-12)18-8-3-4-10(17)9(5-8)15(26)27/h3-5,7,11,25H,6H2,1-2H3,(H,26,27)(H3,18,19,20,21,22,23,24)/t11-/m0/s1. The van der Waals surface area contributed by atoms with E-state index >= 15 is 0 Å². The molecular weight excluding hydrogens is 374 g/mol. The van der Waals surface area contributed by atoms with Crippen molar-refractivity contribution in [1.29, 1.82) is 0 Å². The Hall–Kier alpha value is -2.98. The maximum absolute atomic E-state index is 11.3. The first-order chi connectivity index (χ1) is 12.9. The second-order valence-corrected chi connectivity index (χ2v) is 6.60. The number of carbonyl (C=O) groups is 1. The van der Waals surface area contributed by atoms with Crippen molar-refractivity contribution < 1.29 is 15.0 Å². The molecule has 142 valence electrons. The second kappa shape index (κ2) is 7.72. The zero-order chi connectivity index (χ0) is 19.6. The molecule has 10 nitrogen and oxygen atoms in total. The molecule has 0 aliphatic carbocycles. The lowest BCUT2D eigenvalue weighted by atomic mass is 10.1. The number of benzene rings is 1. The molecule has 0 aliphatic heterocycles. The average Bonchev–Trinajstić information content (AvgIpc) is 3.09. The van der Waals surface area contributed by atoms with Gasteiger partial charge in [-0.25, -0.2) is 4.79 Å². The summed E-state index contributed by atoms with van der Waals surface area (Å²) in [6.45, 7) is 3.84. The Morgan fingerprint density at radius 2 is 2.07 bits per heavy atom. The number of aromatic carboxylic acids is 1. The van der Waals surface area contributed by atoms with E-state index < -0.39 is 5.97 Å². The molecule has 2 heterocycles. The van der Waals surface area contributed by atoms with Gasteiger partial charge in [-0.05, 0) is 24.1 Å². The summed E-state index contributed by atoms with van der Waals surface area (Å²) in [7, 11) is 0. The number of aliphatic hydroxyl groups is 1. The number of nitrogens with one attached hydrogen (secondary N) is 3. The highest BCUT2D eigenvalue weighted by molar-refractivity contribution is 6.33. The van der Waals surface area contributed by atoms with E-state index in [0.29, 0.717) is 22.7 Å². The highest BCUT2D eigenvalue weighted by Gasteiger charge is 2.17. The molecule has 27 heavy (non-hydrogen) atoms. The van der Waals surface area contributed by atoms with Crippen molar-refractivity contribution in [2.75, 3.05) is 17.2 Å². The number of anilines is 3. The van der Waals surface area contributed by atoms with Gasteiger partial charge in [0.25, 0.3) is 0 Å². The third-order valence-electron chi connectivity index (χ3n) is 3.96. The lowest BCUT2D eigenvalue weighted by Gasteiger charge is -2.20. The molecule has 1 aromatic carbocycles. The Morgan fingerprint density at radius 1 is 1.30 bits per heavy atom. The molecule has 3 aromatic rings. The van der Waals surface area contributed by atoms with Crippen LogP contribution in [0.1, 0.15) is 24.2 Å². The number of aromatic amines is 1. The molecular formula is C16H18ClN7O3. The number of aliphatic hydroxyl groups excluding tert-OH is 1. The molecule has 5 N–H and O–H groups in total. The largest absolute Gasteiger partial charge is 0.478 e. The van der Waals surface area contributed by atoms with Crippen LogP contribution in [0.3, 0.4) is 0 Å². The van der Waals surface area contributed by atoms with Crippen LogP contribution in [-0.4, -0.2) is 54.2 Å². The molecule has 2 aromatic heterocycles. The lowest BCUT2D eigenvalue weighted by molar-refractivity contribution is 0.0697. The number of fused-ring (bicyclic) bond motifs is 1. The third kappa shape index (κ3) is 4.07. The van der Waals surface area contributed by atoms with Gasteiger partial charge in [0.1, 0.15) is 0 Å². The molecule has 0 aliphatic rings. The minimum Gasteiger partial charge on any atom is -0.478 e. The van der Waals surface area contributed by atoms with Crippen LogP contribution < -0.4 is 10.6 Å².